The molecule has 2 aromatic heterocycles. The number of carbonyl (C=O) groups excluding carboxylic acids is 2. The van der Waals surface area contributed by atoms with Crippen LogP contribution in [0.2, 0.25) is 0 Å². The van der Waals surface area contributed by atoms with Crippen molar-refractivity contribution in [3.63, 3.8) is 0 Å². The van der Waals surface area contributed by atoms with Crippen LogP contribution in [0.5, 0.6) is 5.88 Å². The lowest BCUT2D eigenvalue weighted by molar-refractivity contribution is -0.154. The number of aromatic amines is 1. The molecular weight excluding hydrogens is 404 g/mol. The van der Waals surface area contributed by atoms with E-state index in [0.29, 0.717) is 6.54 Å². The highest BCUT2D eigenvalue weighted by Gasteiger charge is 2.34. The zero-order valence-corrected chi connectivity index (χ0v) is 17.8. The second-order valence-electron chi connectivity index (χ2n) is 6.00. The number of nitrogen functional groups attached to an aromatic ring is 1. The Kier molecular flexibility index (Phi) is 8.26. The maximum absolute atomic E-state index is 12.0. The van der Waals surface area contributed by atoms with Gasteiger partial charge < -0.3 is 30.7 Å². The second-order valence-corrected chi connectivity index (χ2v) is 6.00. The van der Waals surface area contributed by atoms with Crippen molar-refractivity contribution in [2.24, 2.45) is 5.73 Å². The Hall–Kier alpha value is -3.73. The van der Waals surface area contributed by atoms with Gasteiger partial charge in [0.1, 0.15) is 17.9 Å². The average Bonchev–Trinajstić information content (AvgIpc) is 3.22. The van der Waals surface area contributed by atoms with E-state index in [1.54, 1.807) is 0 Å². The van der Waals surface area contributed by atoms with Gasteiger partial charge in [-0.05, 0) is 11.1 Å². The van der Waals surface area contributed by atoms with Crippen molar-refractivity contribution in [3.8, 4) is 5.88 Å². The number of ether oxygens (including phenoxy) is 3. The maximum Gasteiger partial charge on any atom is 0.327 e. The van der Waals surface area contributed by atoms with Gasteiger partial charge in [-0.3, -0.25) is 9.59 Å². The van der Waals surface area contributed by atoms with Crippen LogP contribution in [0.15, 0.2) is 24.3 Å². The Bertz CT molecular complexity index is 1020. The van der Waals surface area contributed by atoms with E-state index in [0.717, 1.165) is 25.3 Å². The molecule has 0 atom stereocenters. The molecule has 0 saturated heterocycles. The second kappa shape index (κ2) is 10.9. The summed E-state index contributed by atoms with van der Waals surface area (Å²) in [5, 5.41) is 0. The van der Waals surface area contributed by atoms with Crippen LogP contribution in [0.3, 0.4) is 0 Å². The number of hydrogen-bond acceptors (Lipinski definition) is 10. The van der Waals surface area contributed by atoms with Crippen LogP contribution >= 0.6 is 0 Å². The fourth-order valence-electron chi connectivity index (χ4n) is 2.62. The van der Waals surface area contributed by atoms with Crippen LogP contribution in [0.25, 0.3) is 11.2 Å². The van der Waals surface area contributed by atoms with Gasteiger partial charge in [0.05, 0.1) is 14.2 Å². The van der Waals surface area contributed by atoms with Gasteiger partial charge in [0, 0.05) is 6.54 Å². The number of hydrogen-bond donors (Lipinski definition) is 3. The summed E-state index contributed by atoms with van der Waals surface area (Å²) in [5.74, 6) is -3.04. The van der Waals surface area contributed by atoms with Gasteiger partial charge in [0.15, 0.2) is 5.65 Å². The van der Waals surface area contributed by atoms with E-state index in [-0.39, 0.29) is 35.4 Å². The average molecular weight is 430 g/mol. The molecule has 0 amide bonds. The minimum absolute atomic E-state index is 0.0178. The summed E-state index contributed by atoms with van der Waals surface area (Å²) in [6, 6.07) is 7.56. The largest absolute Gasteiger partial charge is 0.471 e. The topological polar surface area (TPSA) is 168 Å². The lowest BCUT2D eigenvalue weighted by atomic mass is 10.1. The van der Waals surface area contributed by atoms with Crippen LogP contribution in [0.1, 0.15) is 36.7 Å². The van der Waals surface area contributed by atoms with Crippen molar-refractivity contribution < 1.29 is 23.8 Å². The number of benzene rings is 1. The van der Waals surface area contributed by atoms with Gasteiger partial charge >= 0.3 is 11.9 Å². The molecule has 0 fully saturated rings. The molecule has 0 radical (unpaired) electrons. The molecule has 0 aliphatic heterocycles. The number of anilines is 1. The Morgan fingerprint density at radius 2 is 1.58 bits per heavy atom. The lowest BCUT2D eigenvalue weighted by Crippen LogP contribution is -2.25. The summed E-state index contributed by atoms with van der Waals surface area (Å²) < 4.78 is 15.1. The van der Waals surface area contributed by atoms with Crippen molar-refractivity contribution in [2.45, 2.75) is 32.9 Å². The summed E-state index contributed by atoms with van der Waals surface area (Å²) >= 11 is 0. The third kappa shape index (κ3) is 5.45. The summed E-state index contributed by atoms with van der Waals surface area (Å²) in [7, 11) is 2.31. The number of carbonyl (C=O) groups is 2. The van der Waals surface area contributed by atoms with Gasteiger partial charge in [0.25, 0.3) is 0 Å². The summed E-state index contributed by atoms with van der Waals surface area (Å²) in [5.41, 5.74) is 13.6. The number of nitrogens with zero attached hydrogens (tertiary/aromatic N) is 3. The molecule has 0 aliphatic carbocycles. The molecular formula is C20H26N6O5. The predicted octanol–water partition coefficient (Wildman–Crippen LogP) is 1.43. The molecule has 31 heavy (non-hydrogen) atoms. The predicted molar refractivity (Wildman–Crippen MR) is 113 cm³/mol. The summed E-state index contributed by atoms with van der Waals surface area (Å²) in [4.78, 5) is 39.1. The summed E-state index contributed by atoms with van der Waals surface area (Å²) in [6.45, 7) is 4.64. The van der Waals surface area contributed by atoms with Gasteiger partial charge in [-0.15, -0.1) is 0 Å². The molecule has 3 rings (SSSR count). The van der Waals surface area contributed by atoms with Crippen LogP contribution in [0, 0.1) is 0 Å². The summed E-state index contributed by atoms with van der Waals surface area (Å²) in [6.07, 6.45) is 0. The van der Waals surface area contributed by atoms with Crippen molar-refractivity contribution in [2.75, 3.05) is 20.0 Å². The number of esters is 2. The molecule has 0 spiro atoms. The first-order chi connectivity index (χ1) is 15.0. The molecule has 0 unspecified atom stereocenters. The standard InChI is InChI=1S/C18H20N6O5.C2H6/c1-27-16(25)11(17(26)28-2)13-21-12-14(22-13)23-18(20)24-15(12)29-8-10-5-3-9(7-19)4-6-10;1-2/h3-6,11H,7-8,19H2,1-2H3,(H3,20,21,22,23,24);1-2H3. The van der Waals surface area contributed by atoms with E-state index < -0.39 is 17.9 Å². The van der Waals surface area contributed by atoms with E-state index in [2.05, 4.69) is 29.4 Å². The van der Waals surface area contributed by atoms with E-state index in [1.165, 1.54) is 0 Å². The highest BCUT2D eigenvalue weighted by molar-refractivity contribution is 6.00. The normalized spacial score (nSPS) is 10.4. The maximum atomic E-state index is 12.0. The smallest absolute Gasteiger partial charge is 0.327 e. The van der Waals surface area contributed by atoms with Gasteiger partial charge in [-0.1, -0.05) is 38.1 Å². The van der Waals surface area contributed by atoms with E-state index in [9.17, 15) is 9.59 Å². The molecule has 0 saturated carbocycles. The fourth-order valence-corrected chi connectivity index (χ4v) is 2.62. The van der Waals surface area contributed by atoms with E-state index in [4.69, 9.17) is 16.2 Å². The van der Waals surface area contributed by atoms with Gasteiger partial charge in [-0.2, -0.15) is 9.97 Å². The first kappa shape index (κ1) is 23.5. The third-order valence-corrected chi connectivity index (χ3v) is 4.13. The molecule has 2 heterocycles. The Balaban J connectivity index is 0.00000166. The van der Waals surface area contributed by atoms with Crippen molar-refractivity contribution in [3.05, 3.63) is 41.2 Å². The number of rotatable bonds is 7. The molecule has 3 aromatic rings. The van der Waals surface area contributed by atoms with E-state index >= 15 is 0 Å². The Labute approximate surface area is 179 Å². The van der Waals surface area contributed by atoms with Crippen molar-refractivity contribution in [1.82, 2.24) is 19.9 Å². The van der Waals surface area contributed by atoms with Crippen molar-refractivity contribution >= 4 is 29.1 Å². The number of H-pyrrole nitrogens is 1. The molecule has 1 aromatic carbocycles. The molecule has 11 heteroatoms. The van der Waals surface area contributed by atoms with Crippen molar-refractivity contribution in [1.29, 1.82) is 0 Å². The minimum atomic E-state index is -1.41. The van der Waals surface area contributed by atoms with Crippen LogP contribution in [-0.2, 0) is 32.2 Å². The number of aromatic nitrogens is 4. The number of methoxy groups -OCH3 is 2. The zero-order valence-electron chi connectivity index (χ0n) is 17.8. The Morgan fingerprint density at radius 1 is 1.00 bits per heavy atom. The first-order valence-electron chi connectivity index (χ1n) is 9.56. The molecule has 5 N–H and O–H groups in total. The van der Waals surface area contributed by atoms with Crippen LogP contribution in [0.4, 0.5) is 5.95 Å². The lowest BCUT2D eigenvalue weighted by Gasteiger charge is -2.09. The number of imidazole rings is 1. The first-order valence-corrected chi connectivity index (χ1v) is 9.56. The molecule has 166 valence electrons. The van der Waals surface area contributed by atoms with Gasteiger partial charge in [0.2, 0.25) is 17.7 Å². The monoisotopic (exact) mass is 430 g/mol. The number of nitrogens with one attached hydrogen (secondary N) is 1. The van der Waals surface area contributed by atoms with Crippen LogP contribution in [-0.4, -0.2) is 46.1 Å². The zero-order chi connectivity index (χ0) is 23.0. The molecule has 0 bridgehead atoms. The molecule has 11 nitrogen and oxygen atoms in total. The Morgan fingerprint density at radius 3 is 2.13 bits per heavy atom. The third-order valence-electron chi connectivity index (χ3n) is 4.13. The number of nitrogens with two attached hydrogens (primary N) is 2. The van der Waals surface area contributed by atoms with Crippen LogP contribution < -0.4 is 16.2 Å². The quantitative estimate of drug-likeness (QED) is 0.368. The minimum Gasteiger partial charge on any atom is -0.471 e. The SMILES string of the molecule is CC.COC(=O)C(C(=O)OC)c1nc2nc(N)nc(OCc3ccc(CN)cc3)c2[nH]1. The fraction of sp³-hybridized carbons (Fsp3) is 0.350. The highest BCUT2D eigenvalue weighted by Crippen LogP contribution is 2.26. The number of fused-ring (bicyclic) bond motifs is 1. The highest BCUT2D eigenvalue weighted by atomic mass is 16.5. The van der Waals surface area contributed by atoms with E-state index in [1.807, 2.05) is 38.1 Å². The van der Waals surface area contributed by atoms with Gasteiger partial charge in [-0.25, -0.2) is 4.98 Å². The molecule has 0 aliphatic rings.